The summed E-state index contributed by atoms with van der Waals surface area (Å²) in [5.74, 6) is -0.310. The molecule has 2 unspecified atom stereocenters. The van der Waals surface area contributed by atoms with Crippen LogP contribution in [0.4, 0.5) is 17.6 Å². The average Bonchev–Trinajstić information content (AvgIpc) is 2.89. The first kappa shape index (κ1) is 15.8. The van der Waals surface area contributed by atoms with Crippen molar-refractivity contribution in [3.05, 3.63) is 53.3 Å². The molecular formula is C17H15F4NO. The monoisotopic (exact) mass is 325 g/mol. The molecule has 2 aromatic rings. The zero-order valence-corrected chi connectivity index (χ0v) is 12.3. The smallest absolute Gasteiger partial charge is 0.417 e. The minimum atomic E-state index is -4.53. The summed E-state index contributed by atoms with van der Waals surface area (Å²) in [5, 5.41) is 0. The zero-order chi connectivity index (χ0) is 16.8. The Morgan fingerprint density at radius 1 is 1.17 bits per heavy atom. The van der Waals surface area contributed by atoms with E-state index in [4.69, 9.17) is 10.5 Å². The Labute approximate surface area is 130 Å². The standard InChI is InChI=1S/C17H15F4NO/c1-9(22)15-7-10-6-11(18)8-13(16(10)23-15)12-4-2-3-5-14(12)17(19,20)21/h2-6,8-9,15H,7,22H2,1H3. The lowest BCUT2D eigenvalue weighted by Crippen LogP contribution is -2.34. The molecule has 2 atom stereocenters. The second-order valence-electron chi connectivity index (χ2n) is 5.70. The largest absolute Gasteiger partial charge is 0.488 e. The van der Waals surface area contributed by atoms with Gasteiger partial charge < -0.3 is 10.5 Å². The Morgan fingerprint density at radius 3 is 2.52 bits per heavy atom. The van der Waals surface area contributed by atoms with E-state index in [2.05, 4.69) is 0 Å². The van der Waals surface area contributed by atoms with Gasteiger partial charge in [-0.3, -0.25) is 0 Å². The predicted octanol–water partition coefficient (Wildman–Crippen LogP) is 4.16. The highest BCUT2D eigenvalue weighted by atomic mass is 19.4. The summed E-state index contributed by atoms with van der Waals surface area (Å²) in [6.07, 6.45) is -4.52. The van der Waals surface area contributed by atoms with Gasteiger partial charge in [-0.1, -0.05) is 18.2 Å². The van der Waals surface area contributed by atoms with Gasteiger partial charge in [0, 0.05) is 23.6 Å². The molecule has 0 saturated carbocycles. The van der Waals surface area contributed by atoms with Crippen molar-refractivity contribution >= 4 is 0 Å². The molecule has 3 rings (SSSR count). The normalized spacial score (nSPS) is 18.4. The summed E-state index contributed by atoms with van der Waals surface area (Å²) in [6.45, 7) is 1.75. The summed E-state index contributed by atoms with van der Waals surface area (Å²) >= 11 is 0. The first-order valence-corrected chi connectivity index (χ1v) is 7.18. The molecule has 1 aliphatic heterocycles. The van der Waals surface area contributed by atoms with Gasteiger partial charge >= 0.3 is 6.18 Å². The second kappa shape index (κ2) is 5.53. The van der Waals surface area contributed by atoms with E-state index in [1.807, 2.05) is 0 Å². The van der Waals surface area contributed by atoms with Crippen molar-refractivity contribution < 1.29 is 22.3 Å². The molecule has 2 nitrogen and oxygen atoms in total. The van der Waals surface area contributed by atoms with Crippen LogP contribution < -0.4 is 10.5 Å². The number of rotatable bonds is 2. The van der Waals surface area contributed by atoms with Crippen molar-refractivity contribution in [2.45, 2.75) is 31.7 Å². The van der Waals surface area contributed by atoms with Crippen molar-refractivity contribution in [1.82, 2.24) is 0 Å². The maximum Gasteiger partial charge on any atom is 0.417 e. The van der Waals surface area contributed by atoms with Crippen LogP contribution >= 0.6 is 0 Å². The van der Waals surface area contributed by atoms with Gasteiger partial charge in [-0.25, -0.2) is 4.39 Å². The molecule has 0 fully saturated rings. The maximum absolute atomic E-state index is 13.9. The Kier molecular flexibility index (Phi) is 3.80. The van der Waals surface area contributed by atoms with Gasteiger partial charge in [0.2, 0.25) is 0 Å². The molecule has 0 radical (unpaired) electrons. The van der Waals surface area contributed by atoms with Gasteiger partial charge in [0.05, 0.1) is 5.56 Å². The summed E-state index contributed by atoms with van der Waals surface area (Å²) in [7, 11) is 0. The van der Waals surface area contributed by atoms with E-state index in [0.29, 0.717) is 12.0 Å². The SMILES string of the molecule is CC(N)C1Cc2cc(F)cc(-c3ccccc3C(F)(F)F)c2O1. The zero-order valence-electron chi connectivity index (χ0n) is 12.3. The minimum absolute atomic E-state index is 0.0962. The molecule has 0 saturated heterocycles. The van der Waals surface area contributed by atoms with Crippen LogP contribution in [-0.4, -0.2) is 12.1 Å². The van der Waals surface area contributed by atoms with E-state index in [9.17, 15) is 17.6 Å². The lowest BCUT2D eigenvalue weighted by Gasteiger charge is -2.17. The quantitative estimate of drug-likeness (QED) is 0.842. The fourth-order valence-electron chi connectivity index (χ4n) is 2.81. The second-order valence-corrected chi connectivity index (χ2v) is 5.70. The molecule has 0 spiro atoms. The molecule has 0 aliphatic carbocycles. The predicted molar refractivity (Wildman–Crippen MR) is 78.6 cm³/mol. The lowest BCUT2D eigenvalue weighted by atomic mass is 9.95. The number of hydrogen-bond acceptors (Lipinski definition) is 2. The molecule has 0 aromatic heterocycles. The van der Waals surface area contributed by atoms with Crippen LogP contribution in [0.3, 0.4) is 0 Å². The van der Waals surface area contributed by atoms with E-state index in [1.165, 1.54) is 24.3 Å². The fraction of sp³-hybridized carbons (Fsp3) is 0.294. The van der Waals surface area contributed by atoms with E-state index >= 15 is 0 Å². The number of halogens is 4. The van der Waals surface area contributed by atoms with Crippen LogP contribution in [0.2, 0.25) is 0 Å². The fourth-order valence-corrected chi connectivity index (χ4v) is 2.81. The van der Waals surface area contributed by atoms with Crippen molar-refractivity contribution in [3.63, 3.8) is 0 Å². The molecule has 2 N–H and O–H groups in total. The Bertz CT molecular complexity index is 740. The van der Waals surface area contributed by atoms with Gasteiger partial charge in [-0.2, -0.15) is 13.2 Å². The lowest BCUT2D eigenvalue weighted by molar-refractivity contribution is -0.137. The number of nitrogens with two attached hydrogens (primary N) is 1. The molecule has 1 aliphatic rings. The molecular weight excluding hydrogens is 310 g/mol. The molecule has 0 amide bonds. The van der Waals surface area contributed by atoms with E-state index < -0.39 is 17.6 Å². The first-order chi connectivity index (χ1) is 10.8. The highest BCUT2D eigenvalue weighted by Gasteiger charge is 2.36. The third-order valence-electron chi connectivity index (χ3n) is 3.93. The van der Waals surface area contributed by atoms with Crippen molar-refractivity contribution in [3.8, 4) is 16.9 Å². The Morgan fingerprint density at radius 2 is 1.87 bits per heavy atom. The maximum atomic E-state index is 13.9. The highest BCUT2D eigenvalue weighted by molar-refractivity contribution is 5.76. The number of benzene rings is 2. The van der Waals surface area contributed by atoms with Crippen LogP contribution in [0.25, 0.3) is 11.1 Å². The number of alkyl halides is 3. The molecule has 122 valence electrons. The van der Waals surface area contributed by atoms with Crippen molar-refractivity contribution in [2.24, 2.45) is 5.73 Å². The summed E-state index contributed by atoms with van der Waals surface area (Å²) in [4.78, 5) is 0. The molecule has 1 heterocycles. The third kappa shape index (κ3) is 2.91. The molecule has 23 heavy (non-hydrogen) atoms. The van der Waals surface area contributed by atoms with E-state index in [-0.39, 0.29) is 29.0 Å². The van der Waals surface area contributed by atoms with Crippen LogP contribution in [0.15, 0.2) is 36.4 Å². The number of hydrogen-bond donors (Lipinski definition) is 1. The van der Waals surface area contributed by atoms with Gasteiger partial charge in [-0.05, 0) is 30.7 Å². The summed E-state index contributed by atoms with van der Waals surface area (Å²) in [5.41, 5.74) is 5.54. The highest BCUT2D eigenvalue weighted by Crippen LogP contribution is 2.44. The van der Waals surface area contributed by atoms with Gasteiger partial charge in [0.15, 0.2) is 0 Å². The summed E-state index contributed by atoms with van der Waals surface area (Å²) < 4.78 is 59.3. The number of fused-ring (bicyclic) bond motifs is 1. The van der Waals surface area contributed by atoms with E-state index in [1.54, 1.807) is 6.92 Å². The number of ether oxygens (including phenoxy) is 1. The topological polar surface area (TPSA) is 35.2 Å². The minimum Gasteiger partial charge on any atom is -0.488 e. The van der Waals surface area contributed by atoms with Crippen LogP contribution in [0.1, 0.15) is 18.1 Å². The molecule has 6 heteroatoms. The van der Waals surface area contributed by atoms with Crippen LogP contribution in [0.5, 0.6) is 5.75 Å². The van der Waals surface area contributed by atoms with Crippen LogP contribution in [0, 0.1) is 5.82 Å². The van der Waals surface area contributed by atoms with E-state index in [0.717, 1.165) is 12.1 Å². The van der Waals surface area contributed by atoms with Gasteiger partial charge in [0.25, 0.3) is 0 Å². The van der Waals surface area contributed by atoms with Gasteiger partial charge in [-0.15, -0.1) is 0 Å². The Hall–Kier alpha value is -2.08. The van der Waals surface area contributed by atoms with Gasteiger partial charge in [0.1, 0.15) is 17.7 Å². The third-order valence-corrected chi connectivity index (χ3v) is 3.93. The molecule has 2 aromatic carbocycles. The van der Waals surface area contributed by atoms with Crippen molar-refractivity contribution in [1.29, 1.82) is 0 Å². The molecule has 0 bridgehead atoms. The average molecular weight is 325 g/mol. The first-order valence-electron chi connectivity index (χ1n) is 7.18. The van der Waals surface area contributed by atoms with Crippen molar-refractivity contribution in [2.75, 3.05) is 0 Å². The summed E-state index contributed by atoms with van der Waals surface area (Å²) in [6, 6.07) is 7.14. The Balaban J connectivity index is 2.17. The van der Waals surface area contributed by atoms with Crippen LogP contribution in [-0.2, 0) is 12.6 Å².